The lowest BCUT2D eigenvalue weighted by Gasteiger charge is -2.30. The molecule has 0 radical (unpaired) electrons. The second-order valence-corrected chi connectivity index (χ2v) is 5.87. The van der Waals surface area contributed by atoms with E-state index in [2.05, 4.69) is 0 Å². The van der Waals surface area contributed by atoms with Crippen LogP contribution in [0.25, 0.3) is 0 Å². The van der Waals surface area contributed by atoms with E-state index >= 15 is 0 Å². The van der Waals surface area contributed by atoms with Crippen molar-refractivity contribution in [2.45, 2.75) is 4.90 Å². The van der Waals surface area contributed by atoms with Gasteiger partial charge in [-0.15, -0.1) is 11.8 Å². The lowest BCUT2D eigenvalue weighted by Crippen LogP contribution is -2.45. The fourth-order valence-electron chi connectivity index (χ4n) is 2.19. The molecule has 23 heavy (non-hydrogen) atoms. The Hall–Kier alpha value is -2.33. The van der Waals surface area contributed by atoms with E-state index in [0.717, 1.165) is 4.90 Å². The molecule has 0 saturated heterocycles. The number of amides is 2. The largest absolute Gasteiger partial charge is 0.465 e. The number of aliphatic hydroxyl groups excluding tert-OH is 1. The first-order valence-corrected chi connectivity index (χ1v) is 7.73. The van der Waals surface area contributed by atoms with Gasteiger partial charge in [0, 0.05) is 35.9 Å². The van der Waals surface area contributed by atoms with Crippen molar-refractivity contribution in [3.8, 4) is 0 Å². The average Bonchev–Trinajstić information content (AvgIpc) is 2.52. The number of carboxylic acid groups (broad SMARTS) is 1. The van der Waals surface area contributed by atoms with E-state index in [1.165, 1.54) is 34.9 Å². The first-order chi connectivity index (χ1) is 10.9. The zero-order valence-electron chi connectivity index (χ0n) is 12.0. The third kappa shape index (κ3) is 3.90. The predicted molar refractivity (Wildman–Crippen MR) is 82.9 cm³/mol. The molecule has 0 aromatic heterocycles. The van der Waals surface area contributed by atoms with Gasteiger partial charge in [-0.25, -0.2) is 4.79 Å². The standard InChI is InChI=1S/C13H15N3O6S/c17-5-3-14(13(19)20)8-12(18)15-4-6-23-11-7-9(16(21)22)1-2-10(11)15/h1-2,7,17H,3-6,8H2,(H,19,20). The molecule has 0 saturated carbocycles. The fraction of sp³-hybridized carbons (Fsp3) is 0.385. The minimum absolute atomic E-state index is 0.0574. The molecule has 0 aliphatic carbocycles. The zero-order valence-corrected chi connectivity index (χ0v) is 12.9. The van der Waals surface area contributed by atoms with E-state index in [-0.39, 0.29) is 25.4 Å². The molecule has 9 nitrogen and oxygen atoms in total. The molecule has 0 unspecified atom stereocenters. The van der Waals surface area contributed by atoms with Gasteiger partial charge in [0.1, 0.15) is 6.54 Å². The van der Waals surface area contributed by atoms with Gasteiger partial charge in [-0.2, -0.15) is 0 Å². The lowest BCUT2D eigenvalue weighted by molar-refractivity contribution is -0.385. The van der Waals surface area contributed by atoms with Crippen LogP contribution in [0.3, 0.4) is 0 Å². The first-order valence-electron chi connectivity index (χ1n) is 6.74. The Morgan fingerprint density at radius 2 is 2.17 bits per heavy atom. The van der Waals surface area contributed by atoms with Gasteiger partial charge in [0.2, 0.25) is 5.91 Å². The number of aliphatic hydroxyl groups is 1. The Bertz CT molecular complexity index is 638. The molecular weight excluding hydrogens is 326 g/mol. The predicted octanol–water partition coefficient (Wildman–Crippen LogP) is 1.01. The van der Waals surface area contributed by atoms with Crippen LogP contribution in [0.4, 0.5) is 16.2 Å². The minimum Gasteiger partial charge on any atom is -0.465 e. The Kier molecular flexibility index (Phi) is 5.40. The third-order valence-electron chi connectivity index (χ3n) is 3.29. The van der Waals surface area contributed by atoms with Crippen LogP contribution in [0.15, 0.2) is 23.1 Å². The molecule has 1 aromatic rings. The van der Waals surface area contributed by atoms with Gasteiger partial charge in [-0.05, 0) is 6.07 Å². The van der Waals surface area contributed by atoms with E-state index < -0.39 is 16.9 Å². The maximum atomic E-state index is 12.4. The maximum absolute atomic E-state index is 12.4. The Labute approximate surface area is 135 Å². The smallest absolute Gasteiger partial charge is 0.407 e. The summed E-state index contributed by atoms with van der Waals surface area (Å²) in [7, 11) is 0. The number of anilines is 1. The van der Waals surface area contributed by atoms with Gasteiger partial charge in [-0.1, -0.05) is 0 Å². The van der Waals surface area contributed by atoms with E-state index in [0.29, 0.717) is 22.9 Å². The Balaban J connectivity index is 2.20. The van der Waals surface area contributed by atoms with Gasteiger partial charge in [0.25, 0.3) is 5.69 Å². The molecular formula is C13H15N3O6S. The van der Waals surface area contributed by atoms with Crippen molar-refractivity contribution >= 4 is 35.1 Å². The second-order valence-electron chi connectivity index (χ2n) is 4.73. The van der Waals surface area contributed by atoms with Crippen LogP contribution in [0.5, 0.6) is 0 Å². The van der Waals surface area contributed by atoms with Crippen molar-refractivity contribution < 1.29 is 24.7 Å². The fourth-order valence-corrected chi connectivity index (χ4v) is 3.22. The molecule has 1 aliphatic rings. The van der Waals surface area contributed by atoms with Crippen LogP contribution in [0, 0.1) is 10.1 Å². The van der Waals surface area contributed by atoms with Gasteiger partial charge in [0.05, 0.1) is 17.2 Å². The number of thioether (sulfide) groups is 1. The SMILES string of the molecule is O=C(O)N(CCO)CC(=O)N1CCSc2cc([N+](=O)[O-])ccc21. The molecule has 1 aromatic carbocycles. The summed E-state index contributed by atoms with van der Waals surface area (Å²) >= 11 is 1.41. The van der Waals surface area contributed by atoms with Gasteiger partial charge in [-0.3, -0.25) is 19.8 Å². The normalized spacial score (nSPS) is 13.3. The number of nitro benzene ring substituents is 1. The van der Waals surface area contributed by atoms with Crippen molar-refractivity contribution in [3.05, 3.63) is 28.3 Å². The molecule has 0 fully saturated rings. The molecule has 2 N–H and O–H groups in total. The summed E-state index contributed by atoms with van der Waals surface area (Å²) < 4.78 is 0. The third-order valence-corrected chi connectivity index (χ3v) is 4.31. The second kappa shape index (κ2) is 7.29. The van der Waals surface area contributed by atoms with Crippen LogP contribution >= 0.6 is 11.8 Å². The minimum atomic E-state index is -1.29. The monoisotopic (exact) mass is 341 g/mol. The number of rotatable bonds is 5. The summed E-state index contributed by atoms with van der Waals surface area (Å²) in [6.07, 6.45) is -1.29. The maximum Gasteiger partial charge on any atom is 0.407 e. The molecule has 0 bridgehead atoms. The van der Waals surface area contributed by atoms with Gasteiger partial charge in [0.15, 0.2) is 0 Å². The molecule has 0 spiro atoms. The highest BCUT2D eigenvalue weighted by atomic mass is 32.2. The zero-order chi connectivity index (χ0) is 17.0. The topological polar surface area (TPSA) is 124 Å². The summed E-state index contributed by atoms with van der Waals surface area (Å²) in [5, 5.41) is 28.7. The molecule has 2 rings (SSSR count). The van der Waals surface area contributed by atoms with E-state index in [9.17, 15) is 19.7 Å². The molecule has 0 atom stereocenters. The number of hydrogen-bond donors (Lipinski definition) is 2. The lowest BCUT2D eigenvalue weighted by atomic mass is 10.2. The first kappa shape index (κ1) is 17.0. The molecule has 10 heteroatoms. The van der Waals surface area contributed by atoms with Crippen molar-refractivity contribution in [1.82, 2.24) is 4.90 Å². The van der Waals surface area contributed by atoms with E-state index in [1.807, 2.05) is 0 Å². The summed E-state index contributed by atoms with van der Waals surface area (Å²) in [6, 6.07) is 4.21. The van der Waals surface area contributed by atoms with Crippen LogP contribution in [0.1, 0.15) is 0 Å². The number of carbonyl (C=O) groups excluding carboxylic acids is 1. The van der Waals surface area contributed by atoms with Gasteiger partial charge >= 0.3 is 6.09 Å². The number of non-ortho nitro benzene ring substituents is 1. The van der Waals surface area contributed by atoms with Crippen LogP contribution < -0.4 is 4.90 Å². The molecule has 2 amide bonds. The molecule has 1 heterocycles. The van der Waals surface area contributed by atoms with Crippen molar-refractivity contribution in [1.29, 1.82) is 0 Å². The summed E-state index contributed by atoms with van der Waals surface area (Å²) in [5.74, 6) is 0.128. The van der Waals surface area contributed by atoms with E-state index in [1.54, 1.807) is 0 Å². The van der Waals surface area contributed by atoms with Crippen molar-refractivity contribution in [2.75, 3.05) is 36.9 Å². The highest BCUT2D eigenvalue weighted by Gasteiger charge is 2.27. The molecule has 1 aliphatic heterocycles. The Morgan fingerprint density at radius 3 is 2.78 bits per heavy atom. The number of fused-ring (bicyclic) bond motifs is 1. The number of nitrogens with zero attached hydrogens (tertiary/aromatic N) is 3. The highest BCUT2D eigenvalue weighted by Crippen LogP contribution is 2.37. The van der Waals surface area contributed by atoms with Crippen LogP contribution in [-0.4, -0.2) is 64.0 Å². The van der Waals surface area contributed by atoms with Gasteiger partial charge < -0.3 is 15.1 Å². The number of carbonyl (C=O) groups is 2. The van der Waals surface area contributed by atoms with Crippen LogP contribution in [-0.2, 0) is 4.79 Å². The number of hydrogen-bond acceptors (Lipinski definition) is 6. The average molecular weight is 341 g/mol. The summed E-state index contributed by atoms with van der Waals surface area (Å²) in [5.41, 5.74) is 0.476. The quantitative estimate of drug-likeness (QED) is 0.605. The number of nitro groups is 1. The van der Waals surface area contributed by atoms with Crippen molar-refractivity contribution in [2.24, 2.45) is 0 Å². The van der Waals surface area contributed by atoms with Crippen molar-refractivity contribution in [3.63, 3.8) is 0 Å². The molecule has 124 valence electrons. The Morgan fingerprint density at radius 1 is 1.43 bits per heavy atom. The summed E-state index contributed by atoms with van der Waals surface area (Å²) in [6.45, 7) is -0.521. The van der Waals surface area contributed by atoms with Crippen LogP contribution in [0.2, 0.25) is 0 Å². The summed E-state index contributed by atoms with van der Waals surface area (Å²) in [4.78, 5) is 36.6. The van der Waals surface area contributed by atoms with E-state index in [4.69, 9.17) is 10.2 Å². The number of benzene rings is 1. The highest BCUT2D eigenvalue weighted by molar-refractivity contribution is 7.99.